The lowest BCUT2D eigenvalue weighted by atomic mass is 11.0. The lowest BCUT2D eigenvalue weighted by molar-refractivity contribution is 0.399. The van der Waals surface area contributed by atoms with Gasteiger partial charge in [0.25, 0.3) is 0 Å². The number of aliphatic hydroxyl groups excluding tert-OH is 2. The molecule has 0 heterocycles. The Hall–Kier alpha value is -0.800. The van der Waals surface area contributed by atoms with Crippen molar-refractivity contribution in [3.63, 3.8) is 0 Å². The highest BCUT2D eigenvalue weighted by Gasteiger charge is 0.936. The third-order valence-corrected chi connectivity index (χ3v) is 0. The summed E-state index contributed by atoms with van der Waals surface area (Å²) in [5.74, 6) is 0. The first kappa shape index (κ1) is 859. The number of rotatable bonds is 0. The first-order valence-electron chi connectivity index (χ1n) is 4.47. The van der Waals surface area contributed by atoms with Gasteiger partial charge >= 0.3 is 0 Å². The normalized spacial score (nSPS) is 1.20. The molecule has 0 unspecified atom stereocenters. The molecule has 0 aliphatic heterocycles. The Morgan fingerprint density at radius 3 is 0.300 bits per heavy atom. The van der Waals surface area contributed by atoms with E-state index in [4.69, 9.17) is 10.2 Å². The monoisotopic (exact) mass is 504 g/mol. The maximum absolute atomic E-state index is 7.00. The second-order valence-electron chi connectivity index (χ2n) is 0. The molecular formula is C10H73N5O15. The van der Waals surface area contributed by atoms with Crippen LogP contribution in [0, 0.1) is 0 Å². The molecule has 0 aromatic heterocycles. The van der Waals surface area contributed by atoms with Crippen molar-refractivity contribution in [1.29, 1.82) is 0 Å². The van der Waals surface area contributed by atoms with Crippen LogP contribution in [-0.2, 0) is 0 Å². The standard InChI is InChI=1S/3C2H6.CH5N.2CH4O.CH4.4H3N.13H2O/c6*1-2;;;;;;;;;;;;;;;;;;/h3*1-2H3;2H2,1H3;2*2H,1H3;1H4;4*1H3;13*1H2. The molecule has 0 bridgehead atoms. The molecule has 0 aliphatic rings. The maximum Gasteiger partial charge on any atom is 0.0319 e. The van der Waals surface area contributed by atoms with Gasteiger partial charge in [-0.3, -0.25) is 0 Å². The van der Waals surface area contributed by atoms with Crippen LogP contribution in [0.4, 0.5) is 0 Å². The van der Waals surface area contributed by atoms with Crippen molar-refractivity contribution in [2.45, 2.75) is 49.0 Å². The Kier molecular flexibility index (Phi) is 933000. The predicted octanol–water partition coefficient (Wildman–Crippen LogP) is -7.57. The van der Waals surface area contributed by atoms with E-state index in [1.165, 1.54) is 7.05 Å². The van der Waals surface area contributed by atoms with Gasteiger partial charge in [-0.2, -0.15) is 0 Å². The maximum atomic E-state index is 7.00. The average Bonchev–Trinajstić information content (AvgIpc) is 2.33. The molecule has 0 rings (SSSR count). The topological polar surface area (TPSA) is 616 Å². The minimum absolute atomic E-state index is 0. The molecule has 0 aliphatic carbocycles. The third-order valence-electron chi connectivity index (χ3n) is 0. The Bertz CT molecular complexity index is 43.8. The van der Waals surface area contributed by atoms with Crippen molar-refractivity contribution in [2.75, 3.05) is 21.3 Å². The average molecular weight is 504 g/mol. The quantitative estimate of drug-likeness (QED) is 0.167. The van der Waals surface area contributed by atoms with Gasteiger partial charge in [-0.05, 0) is 7.05 Å². The van der Waals surface area contributed by atoms with E-state index < -0.39 is 0 Å². The zero-order valence-electron chi connectivity index (χ0n) is 19.8. The summed E-state index contributed by atoms with van der Waals surface area (Å²) >= 11 is 0. The van der Waals surface area contributed by atoms with E-state index in [1.54, 1.807) is 0 Å². The minimum Gasteiger partial charge on any atom is -0.412 e. The molecule has 0 aromatic rings. The molecule has 20 heteroatoms. The Morgan fingerprint density at radius 1 is 0.300 bits per heavy atom. The Labute approximate surface area is 183 Å². The van der Waals surface area contributed by atoms with Crippen molar-refractivity contribution in [1.82, 2.24) is 24.6 Å². The van der Waals surface area contributed by atoms with Gasteiger partial charge in [0.05, 0.1) is 0 Å². The summed E-state index contributed by atoms with van der Waals surface area (Å²) in [4.78, 5) is 0. The first-order valence-corrected chi connectivity index (χ1v) is 4.47. The van der Waals surface area contributed by atoms with Gasteiger partial charge in [-0.25, -0.2) is 0 Å². The first-order chi connectivity index (χ1) is 6.00. The van der Waals surface area contributed by atoms with Crippen LogP contribution in [0.15, 0.2) is 0 Å². The zero-order valence-corrected chi connectivity index (χ0v) is 19.8. The molecule has 0 spiro atoms. The SMILES string of the molecule is C.CC.CC.CC.CN.CO.CO.N.N.N.N.O.O.O.O.O.O.O.O.O.O.O.O.O. The van der Waals surface area contributed by atoms with Crippen LogP contribution in [-0.4, -0.2) is 103 Å². The van der Waals surface area contributed by atoms with Crippen LogP contribution in [0.3, 0.4) is 0 Å². The Morgan fingerprint density at radius 2 is 0.300 bits per heavy atom. The van der Waals surface area contributed by atoms with Crippen LogP contribution in [0.5, 0.6) is 0 Å². The zero-order chi connectivity index (χ0) is 12.0. The van der Waals surface area contributed by atoms with Crippen molar-refractivity contribution >= 4 is 0 Å². The second-order valence-corrected chi connectivity index (χ2v) is 0. The third kappa shape index (κ3) is 29200. The molecule has 0 saturated carbocycles. The summed E-state index contributed by atoms with van der Waals surface area (Å²) in [6.07, 6.45) is 0. The summed E-state index contributed by atoms with van der Waals surface area (Å²) < 4.78 is 0. The molecular weight excluding hydrogens is 430 g/mol. The second kappa shape index (κ2) is 32600. The summed E-state index contributed by atoms with van der Waals surface area (Å²) in [5, 5.41) is 14.0. The number of nitrogens with two attached hydrogens (primary N) is 1. The molecule has 20 nitrogen and oxygen atoms in total. The van der Waals surface area contributed by atoms with E-state index in [2.05, 4.69) is 5.73 Å². The number of hydrogen-bond donors (Lipinski definition) is 7. The van der Waals surface area contributed by atoms with Crippen molar-refractivity contribution in [3.8, 4) is 0 Å². The highest BCUT2D eigenvalue weighted by atomic mass is 16.2. The summed E-state index contributed by atoms with van der Waals surface area (Å²) in [6.45, 7) is 12.0. The van der Waals surface area contributed by atoms with E-state index in [-0.39, 0.29) is 103 Å². The lowest BCUT2D eigenvalue weighted by Crippen LogP contribution is -1.69. The molecule has 0 amide bonds. The number of aliphatic hydroxyl groups is 2. The molecule has 228 valence electrons. The summed E-state index contributed by atoms with van der Waals surface area (Å²) in [5.41, 5.74) is 4.50. The van der Waals surface area contributed by atoms with Gasteiger partial charge in [-0.1, -0.05) is 49.0 Å². The fraction of sp³-hybridized carbons (Fsp3) is 1.00. The highest BCUT2D eigenvalue weighted by molar-refractivity contribution is 3.54. The van der Waals surface area contributed by atoms with E-state index in [0.717, 1.165) is 14.2 Å². The van der Waals surface area contributed by atoms with Crippen LogP contribution in [0.2, 0.25) is 0 Å². The minimum atomic E-state index is 0. The molecule has 42 N–H and O–H groups in total. The van der Waals surface area contributed by atoms with Gasteiger partial charge in [-0.15, -0.1) is 0 Å². The van der Waals surface area contributed by atoms with Crippen LogP contribution < -0.4 is 30.3 Å². The van der Waals surface area contributed by atoms with Gasteiger partial charge in [0.2, 0.25) is 0 Å². The highest BCUT2D eigenvalue weighted by Crippen LogP contribution is 1.15. The van der Waals surface area contributed by atoms with Gasteiger partial charge in [0.15, 0.2) is 0 Å². The molecule has 0 fully saturated rings. The van der Waals surface area contributed by atoms with E-state index in [1.807, 2.05) is 41.5 Å². The van der Waals surface area contributed by atoms with E-state index in [0.29, 0.717) is 0 Å². The molecule has 0 saturated heterocycles. The van der Waals surface area contributed by atoms with Crippen LogP contribution in [0.25, 0.3) is 0 Å². The summed E-state index contributed by atoms with van der Waals surface area (Å²) in [6, 6.07) is 0. The number of hydrogen-bond acceptors (Lipinski definition) is 7. The molecule has 0 atom stereocenters. The molecule has 0 aromatic carbocycles. The summed E-state index contributed by atoms with van der Waals surface area (Å²) in [7, 11) is 3.50. The van der Waals surface area contributed by atoms with Gasteiger partial charge in [0.1, 0.15) is 0 Å². The fourth-order valence-electron chi connectivity index (χ4n) is 0. The van der Waals surface area contributed by atoms with Crippen molar-refractivity contribution in [3.05, 3.63) is 0 Å². The predicted molar refractivity (Wildman–Crippen MR) is 134 cm³/mol. The smallest absolute Gasteiger partial charge is 0.0319 e. The van der Waals surface area contributed by atoms with E-state index >= 15 is 0 Å². The molecule has 0 radical (unpaired) electrons. The van der Waals surface area contributed by atoms with Crippen LogP contribution >= 0.6 is 0 Å². The lowest BCUT2D eigenvalue weighted by Gasteiger charge is -1.21. The van der Waals surface area contributed by atoms with Crippen LogP contribution in [0.1, 0.15) is 49.0 Å². The fourth-order valence-corrected chi connectivity index (χ4v) is 0. The van der Waals surface area contributed by atoms with Crippen molar-refractivity contribution in [2.24, 2.45) is 5.73 Å². The largest absolute Gasteiger partial charge is 0.412 e. The van der Waals surface area contributed by atoms with Gasteiger partial charge in [0, 0.05) is 14.2 Å². The Balaban J connectivity index is -0.000000000584. The van der Waals surface area contributed by atoms with Gasteiger partial charge < -0.3 is 112 Å². The molecule has 30 heavy (non-hydrogen) atoms. The van der Waals surface area contributed by atoms with Crippen molar-refractivity contribution < 1.29 is 81.4 Å². The van der Waals surface area contributed by atoms with E-state index in [9.17, 15) is 0 Å².